The summed E-state index contributed by atoms with van der Waals surface area (Å²) < 4.78 is 5.68. The molecular formula is C25H35N3O2. The molecule has 4 rings (SSSR count). The van der Waals surface area contributed by atoms with Gasteiger partial charge in [-0.05, 0) is 37.6 Å². The average Bonchev–Trinajstić information content (AvgIpc) is 3.32. The number of likely N-dealkylation sites (N-methyl/N-ethyl adjacent to an activating group) is 1. The predicted octanol–water partition coefficient (Wildman–Crippen LogP) is 3.87. The first-order valence-corrected chi connectivity index (χ1v) is 11.4. The van der Waals surface area contributed by atoms with Gasteiger partial charge in [-0.1, -0.05) is 49.6 Å². The maximum Gasteiger partial charge on any atom is 0.221 e. The minimum Gasteiger partial charge on any atom is -0.469 e. The Morgan fingerprint density at radius 1 is 1.03 bits per heavy atom. The number of carbonyl (C=O) groups is 1. The Kier molecular flexibility index (Phi) is 6.90. The highest BCUT2D eigenvalue weighted by Gasteiger charge is 2.39. The van der Waals surface area contributed by atoms with Crippen LogP contribution in [0.2, 0.25) is 0 Å². The van der Waals surface area contributed by atoms with Gasteiger partial charge >= 0.3 is 0 Å². The van der Waals surface area contributed by atoms with E-state index in [2.05, 4.69) is 34.3 Å². The molecule has 5 heteroatoms. The number of rotatable bonds is 7. The SMILES string of the molecule is CN1CCN(C2(CNC(=O)CC(c3ccccc3)c3ccco3)CCCCC2)CC1. The molecule has 5 nitrogen and oxygen atoms in total. The van der Waals surface area contributed by atoms with Gasteiger partial charge in [-0.3, -0.25) is 9.69 Å². The van der Waals surface area contributed by atoms with Crippen molar-refractivity contribution in [3.05, 3.63) is 60.1 Å². The Morgan fingerprint density at radius 2 is 1.77 bits per heavy atom. The van der Waals surface area contributed by atoms with Gasteiger partial charge in [0.15, 0.2) is 0 Å². The Hall–Kier alpha value is -2.11. The molecular weight excluding hydrogens is 374 g/mol. The monoisotopic (exact) mass is 409 g/mol. The van der Waals surface area contributed by atoms with E-state index >= 15 is 0 Å². The highest BCUT2D eigenvalue weighted by molar-refractivity contribution is 5.77. The molecule has 0 bridgehead atoms. The molecule has 1 unspecified atom stereocenters. The fraction of sp³-hybridized carbons (Fsp3) is 0.560. The number of furan rings is 1. The summed E-state index contributed by atoms with van der Waals surface area (Å²) in [7, 11) is 2.20. The summed E-state index contributed by atoms with van der Waals surface area (Å²) in [4.78, 5) is 18.1. The van der Waals surface area contributed by atoms with E-state index in [-0.39, 0.29) is 17.4 Å². The van der Waals surface area contributed by atoms with E-state index in [9.17, 15) is 4.79 Å². The molecule has 1 amide bonds. The van der Waals surface area contributed by atoms with E-state index in [0.717, 1.165) is 44.0 Å². The van der Waals surface area contributed by atoms with Crippen molar-refractivity contribution in [3.63, 3.8) is 0 Å². The minimum absolute atomic E-state index is 0.0489. The van der Waals surface area contributed by atoms with Crippen molar-refractivity contribution in [1.29, 1.82) is 0 Å². The minimum atomic E-state index is -0.0489. The Morgan fingerprint density at radius 3 is 2.43 bits per heavy atom. The number of hydrogen-bond acceptors (Lipinski definition) is 4. The van der Waals surface area contributed by atoms with Crippen molar-refractivity contribution in [2.24, 2.45) is 0 Å². The lowest BCUT2D eigenvalue weighted by atomic mass is 9.79. The first kappa shape index (κ1) is 21.1. The third-order valence-corrected chi connectivity index (χ3v) is 7.05. The zero-order valence-corrected chi connectivity index (χ0v) is 18.2. The van der Waals surface area contributed by atoms with E-state index in [1.54, 1.807) is 6.26 Å². The summed E-state index contributed by atoms with van der Waals surface area (Å²) >= 11 is 0. The molecule has 2 aromatic rings. The van der Waals surface area contributed by atoms with E-state index < -0.39 is 0 Å². The molecule has 1 saturated carbocycles. The van der Waals surface area contributed by atoms with Crippen molar-refractivity contribution in [3.8, 4) is 0 Å². The van der Waals surface area contributed by atoms with Crippen LogP contribution in [0.4, 0.5) is 0 Å². The molecule has 0 spiro atoms. The molecule has 1 aliphatic heterocycles. The van der Waals surface area contributed by atoms with Gasteiger partial charge in [0, 0.05) is 44.7 Å². The van der Waals surface area contributed by atoms with E-state index in [4.69, 9.17) is 4.42 Å². The molecule has 1 aromatic heterocycles. The third kappa shape index (κ3) is 4.96. The van der Waals surface area contributed by atoms with Gasteiger partial charge in [-0.25, -0.2) is 0 Å². The lowest BCUT2D eigenvalue weighted by Crippen LogP contribution is -2.61. The first-order valence-electron chi connectivity index (χ1n) is 11.4. The number of hydrogen-bond donors (Lipinski definition) is 1. The maximum atomic E-state index is 13.1. The van der Waals surface area contributed by atoms with Crippen LogP contribution in [0.1, 0.15) is 55.8 Å². The number of nitrogens with zero attached hydrogens (tertiary/aromatic N) is 2. The molecule has 1 N–H and O–H groups in total. The van der Waals surface area contributed by atoms with Crippen molar-refractivity contribution in [2.45, 2.75) is 50.0 Å². The third-order valence-electron chi connectivity index (χ3n) is 7.05. The van der Waals surface area contributed by atoms with E-state index in [0.29, 0.717) is 6.42 Å². The van der Waals surface area contributed by atoms with Crippen LogP contribution in [0.3, 0.4) is 0 Å². The summed E-state index contributed by atoms with van der Waals surface area (Å²) in [6.45, 7) is 5.20. The second-order valence-electron chi connectivity index (χ2n) is 9.03. The zero-order chi connectivity index (χ0) is 20.8. The molecule has 0 radical (unpaired) electrons. The van der Waals surface area contributed by atoms with Gasteiger partial charge in [0.25, 0.3) is 0 Å². The summed E-state index contributed by atoms with van der Waals surface area (Å²) in [5.41, 5.74) is 1.25. The molecule has 1 aromatic carbocycles. The fourth-order valence-corrected chi connectivity index (χ4v) is 5.17. The molecule has 2 heterocycles. The summed E-state index contributed by atoms with van der Waals surface area (Å²) in [5, 5.41) is 3.33. The number of piperazine rings is 1. The van der Waals surface area contributed by atoms with Crippen LogP contribution >= 0.6 is 0 Å². The molecule has 2 aliphatic rings. The largest absolute Gasteiger partial charge is 0.469 e. The molecule has 30 heavy (non-hydrogen) atoms. The normalized spacial score (nSPS) is 21.2. The molecule has 1 atom stereocenters. The van der Waals surface area contributed by atoms with Crippen LogP contribution in [0.5, 0.6) is 0 Å². The van der Waals surface area contributed by atoms with Crippen LogP contribution in [0.25, 0.3) is 0 Å². The van der Waals surface area contributed by atoms with Crippen LogP contribution in [0.15, 0.2) is 53.1 Å². The second kappa shape index (κ2) is 9.80. The van der Waals surface area contributed by atoms with Crippen molar-refractivity contribution < 1.29 is 9.21 Å². The van der Waals surface area contributed by atoms with E-state index in [1.807, 2.05) is 30.3 Å². The number of benzene rings is 1. The molecule has 1 aliphatic carbocycles. The zero-order valence-electron chi connectivity index (χ0n) is 18.2. The predicted molar refractivity (Wildman–Crippen MR) is 120 cm³/mol. The topological polar surface area (TPSA) is 48.7 Å². The molecule has 2 fully saturated rings. The lowest BCUT2D eigenvalue weighted by molar-refractivity contribution is -0.122. The van der Waals surface area contributed by atoms with Crippen LogP contribution < -0.4 is 5.32 Å². The van der Waals surface area contributed by atoms with Crippen LogP contribution in [-0.4, -0.2) is 61.0 Å². The summed E-state index contributed by atoms with van der Waals surface area (Å²) in [5.74, 6) is 0.911. The summed E-state index contributed by atoms with van der Waals surface area (Å²) in [6.07, 6.45) is 8.33. The Bertz CT molecular complexity index is 776. The quantitative estimate of drug-likeness (QED) is 0.754. The highest BCUT2D eigenvalue weighted by atomic mass is 16.3. The average molecular weight is 410 g/mol. The standard InChI is InChI=1S/C25H35N3O2/c1-27-14-16-28(17-15-27)25(12-6-3-7-13-25)20-26-24(29)19-22(23-11-8-18-30-23)21-9-4-2-5-10-21/h2,4-5,8-11,18,22H,3,6-7,12-17,19-20H2,1H3,(H,26,29). The van der Waals surface area contributed by atoms with Crippen LogP contribution in [-0.2, 0) is 4.79 Å². The van der Waals surface area contributed by atoms with Crippen LogP contribution in [0, 0.1) is 0 Å². The van der Waals surface area contributed by atoms with Gasteiger partial charge in [0.1, 0.15) is 5.76 Å². The van der Waals surface area contributed by atoms with Gasteiger partial charge in [-0.2, -0.15) is 0 Å². The maximum absolute atomic E-state index is 13.1. The lowest BCUT2D eigenvalue weighted by Gasteiger charge is -2.49. The summed E-state index contributed by atoms with van der Waals surface area (Å²) in [6, 6.07) is 14.1. The van der Waals surface area contributed by atoms with Gasteiger partial charge in [-0.15, -0.1) is 0 Å². The number of nitrogens with one attached hydrogen (secondary N) is 1. The van der Waals surface area contributed by atoms with E-state index in [1.165, 1.54) is 32.1 Å². The second-order valence-corrected chi connectivity index (χ2v) is 9.03. The number of carbonyl (C=O) groups excluding carboxylic acids is 1. The first-order chi connectivity index (χ1) is 14.7. The highest BCUT2D eigenvalue weighted by Crippen LogP contribution is 2.34. The fourth-order valence-electron chi connectivity index (χ4n) is 5.17. The Balaban J connectivity index is 1.42. The van der Waals surface area contributed by atoms with Gasteiger partial charge in [0.2, 0.25) is 5.91 Å². The molecule has 162 valence electrons. The smallest absolute Gasteiger partial charge is 0.221 e. The molecule has 1 saturated heterocycles. The van der Waals surface area contributed by atoms with Crippen molar-refractivity contribution in [2.75, 3.05) is 39.8 Å². The van der Waals surface area contributed by atoms with Crippen molar-refractivity contribution >= 4 is 5.91 Å². The van der Waals surface area contributed by atoms with Gasteiger partial charge < -0.3 is 14.6 Å². The Labute approximate surface area is 180 Å². The number of amides is 1. The van der Waals surface area contributed by atoms with Crippen molar-refractivity contribution in [1.82, 2.24) is 15.1 Å². The van der Waals surface area contributed by atoms with Gasteiger partial charge in [0.05, 0.1) is 12.2 Å².